The number of carbonyl (C=O) groups excluding carboxylic acids is 1. The minimum atomic E-state index is -0.594. The molecule has 6 nitrogen and oxygen atoms in total. The van der Waals surface area contributed by atoms with Crippen molar-refractivity contribution in [2.24, 2.45) is 0 Å². The van der Waals surface area contributed by atoms with E-state index >= 15 is 0 Å². The molecule has 2 amide bonds. The van der Waals surface area contributed by atoms with Crippen LogP contribution in [0.3, 0.4) is 0 Å². The van der Waals surface area contributed by atoms with Gasteiger partial charge in [-0.3, -0.25) is 0 Å². The molecule has 3 aromatic carbocycles. The van der Waals surface area contributed by atoms with Gasteiger partial charge in [0.1, 0.15) is 6.04 Å². The number of para-hydroxylation sites is 1. The van der Waals surface area contributed by atoms with Crippen molar-refractivity contribution >= 4 is 27.6 Å². The van der Waals surface area contributed by atoms with Crippen LogP contribution in [-0.2, 0) is 0 Å². The molecular formula is C22H17BrN4O2. The SMILES string of the molecule is O=C(Nc1ccccc1Br)NC(c1ccccc1)c1nnc(-c2ccccc2)o1. The van der Waals surface area contributed by atoms with E-state index in [0.29, 0.717) is 17.5 Å². The van der Waals surface area contributed by atoms with E-state index in [1.807, 2.05) is 78.9 Å². The molecule has 0 saturated carbocycles. The molecule has 0 fully saturated rings. The minimum absolute atomic E-state index is 0.303. The molecule has 2 N–H and O–H groups in total. The highest BCUT2D eigenvalue weighted by Gasteiger charge is 2.23. The molecule has 1 unspecified atom stereocenters. The Morgan fingerprint density at radius 1 is 0.862 bits per heavy atom. The minimum Gasteiger partial charge on any atom is -0.418 e. The molecule has 4 aromatic rings. The smallest absolute Gasteiger partial charge is 0.320 e. The summed E-state index contributed by atoms with van der Waals surface area (Å²) in [4.78, 5) is 12.7. The fourth-order valence-corrected chi connectivity index (χ4v) is 3.22. The maximum atomic E-state index is 12.7. The van der Waals surface area contributed by atoms with Gasteiger partial charge < -0.3 is 15.1 Å². The monoisotopic (exact) mass is 448 g/mol. The van der Waals surface area contributed by atoms with Crippen LogP contribution in [0.1, 0.15) is 17.5 Å². The van der Waals surface area contributed by atoms with Gasteiger partial charge in [-0.25, -0.2) is 4.79 Å². The third-order valence-electron chi connectivity index (χ3n) is 4.24. The van der Waals surface area contributed by atoms with Gasteiger partial charge in [0.2, 0.25) is 11.8 Å². The summed E-state index contributed by atoms with van der Waals surface area (Å²) in [5.74, 6) is 0.701. The molecule has 0 aliphatic carbocycles. The Morgan fingerprint density at radius 2 is 1.52 bits per heavy atom. The summed E-state index contributed by atoms with van der Waals surface area (Å²) in [6.07, 6.45) is 0. The molecule has 29 heavy (non-hydrogen) atoms. The van der Waals surface area contributed by atoms with Crippen molar-refractivity contribution in [3.05, 3.63) is 101 Å². The number of nitrogens with zero attached hydrogens (tertiary/aromatic N) is 2. The van der Waals surface area contributed by atoms with Crippen LogP contribution in [0, 0.1) is 0 Å². The van der Waals surface area contributed by atoms with Crippen molar-refractivity contribution in [1.82, 2.24) is 15.5 Å². The molecule has 0 spiro atoms. The fourth-order valence-electron chi connectivity index (χ4n) is 2.83. The summed E-state index contributed by atoms with van der Waals surface area (Å²) in [6.45, 7) is 0. The zero-order chi connectivity index (χ0) is 20.1. The first-order valence-electron chi connectivity index (χ1n) is 8.96. The van der Waals surface area contributed by atoms with Crippen molar-refractivity contribution in [1.29, 1.82) is 0 Å². The second kappa shape index (κ2) is 8.70. The second-order valence-electron chi connectivity index (χ2n) is 6.23. The van der Waals surface area contributed by atoms with E-state index < -0.39 is 6.04 Å². The number of amides is 2. The number of carbonyl (C=O) groups is 1. The van der Waals surface area contributed by atoms with Gasteiger partial charge in [-0.1, -0.05) is 60.7 Å². The molecule has 1 atom stereocenters. The van der Waals surface area contributed by atoms with Gasteiger partial charge in [0, 0.05) is 10.0 Å². The molecule has 0 aliphatic rings. The third-order valence-corrected chi connectivity index (χ3v) is 4.93. The van der Waals surface area contributed by atoms with Crippen LogP contribution in [0.5, 0.6) is 0 Å². The molecule has 0 saturated heterocycles. The Hall–Kier alpha value is -3.45. The molecule has 0 radical (unpaired) electrons. The van der Waals surface area contributed by atoms with Crippen LogP contribution in [-0.4, -0.2) is 16.2 Å². The average molecular weight is 449 g/mol. The van der Waals surface area contributed by atoms with Crippen LogP contribution >= 0.6 is 15.9 Å². The molecule has 1 heterocycles. The molecule has 7 heteroatoms. The van der Waals surface area contributed by atoms with Gasteiger partial charge in [-0.15, -0.1) is 10.2 Å². The molecule has 4 rings (SSSR count). The summed E-state index contributed by atoms with van der Waals surface area (Å²) in [6, 6.07) is 25.4. The van der Waals surface area contributed by atoms with E-state index in [-0.39, 0.29) is 6.03 Å². The van der Waals surface area contributed by atoms with Crippen LogP contribution in [0.15, 0.2) is 93.8 Å². The van der Waals surface area contributed by atoms with Crippen LogP contribution in [0.4, 0.5) is 10.5 Å². The Bertz CT molecular complexity index is 1100. The number of rotatable bonds is 5. The van der Waals surface area contributed by atoms with Crippen molar-refractivity contribution in [3.8, 4) is 11.5 Å². The van der Waals surface area contributed by atoms with E-state index in [0.717, 1.165) is 15.6 Å². The predicted octanol–water partition coefficient (Wildman–Crippen LogP) is 5.41. The summed E-state index contributed by atoms with van der Waals surface area (Å²) in [7, 11) is 0. The first-order valence-corrected chi connectivity index (χ1v) is 9.76. The van der Waals surface area contributed by atoms with E-state index in [2.05, 4.69) is 36.8 Å². The largest absolute Gasteiger partial charge is 0.418 e. The summed E-state index contributed by atoms with van der Waals surface area (Å²) in [5.41, 5.74) is 2.31. The number of nitrogens with one attached hydrogen (secondary N) is 2. The Kier molecular flexibility index (Phi) is 5.67. The van der Waals surface area contributed by atoms with Gasteiger partial charge in [-0.05, 0) is 45.8 Å². The lowest BCUT2D eigenvalue weighted by Crippen LogP contribution is -2.33. The quantitative estimate of drug-likeness (QED) is 0.427. The van der Waals surface area contributed by atoms with E-state index in [4.69, 9.17) is 4.42 Å². The maximum Gasteiger partial charge on any atom is 0.320 e. The lowest BCUT2D eigenvalue weighted by atomic mass is 10.1. The topological polar surface area (TPSA) is 80.0 Å². The van der Waals surface area contributed by atoms with Crippen molar-refractivity contribution in [2.75, 3.05) is 5.32 Å². The first kappa shape index (κ1) is 18.9. The standard InChI is InChI=1S/C22H17BrN4O2/c23-17-13-7-8-14-18(17)24-22(28)25-19(15-9-3-1-4-10-15)21-27-26-20(29-21)16-11-5-2-6-12-16/h1-14,19H,(H2,24,25,28). The first-order chi connectivity index (χ1) is 14.2. The predicted molar refractivity (Wildman–Crippen MR) is 114 cm³/mol. The highest BCUT2D eigenvalue weighted by molar-refractivity contribution is 9.10. The van der Waals surface area contributed by atoms with Crippen molar-refractivity contribution in [2.45, 2.75) is 6.04 Å². The lowest BCUT2D eigenvalue weighted by Gasteiger charge is -2.16. The maximum absolute atomic E-state index is 12.7. The Balaban J connectivity index is 1.60. The highest BCUT2D eigenvalue weighted by Crippen LogP contribution is 2.26. The fraction of sp³-hybridized carbons (Fsp3) is 0.0455. The number of halogens is 1. The number of hydrogen-bond acceptors (Lipinski definition) is 4. The summed E-state index contributed by atoms with van der Waals surface area (Å²) < 4.78 is 6.67. The number of anilines is 1. The number of benzene rings is 3. The van der Waals surface area contributed by atoms with Crippen LogP contribution in [0.2, 0.25) is 0 Å². The van der Waals surface area contributed by atoms with Gasteiger partial charge in [-0.2, -0.15) is 0 Å². The average Bonchev–Trinajstić information content (AvgIpc) is 3.25. The molecule has 144 valence electrons. The van der Waals surface area contributed by atoms with Crippen LogP contribution in [0.25, 0.3) is 11.5 Å². The summed E-state index contributed by atoms with van der Waals surface area (Å²) >= 11 is 3.43. The van der Waals surface area contributed by atoms with Crippen molar-refractivity contribution in [3.63, 3.8) is 0 Å². The highest BCUT2D eigenvalue weighted by atomic mass is 79.9. The van der Waals surface area contributed by atoms with Gasteiger partial charge >= 0.3 is 6.03 Å². The number of aromatic nitrogens is 2. The van der Waals surface area contributed by atoms with Gasteiger partial charge in [0.15, 0.2) is 0 Å². The van der Waals surface area contributed by atoms with Gasteiger partial charge in [0.25, 0.3) is 0 Å². The Morgan fingerprint density at radius 3 is 2.24 bits per heavy atom. The van der Waals surface area contributed by atoms with Gasteiger partial charge in [0.05, 0.1) is 5.69 Å². The molecule has 1 aromatic heterocycles. The van der Waals surface area contributed by atoms with E-state index in [1.54, 1.807) is 6.07 Å². The molecular weight excluding hydrogens is 432 g/mol. The summed E-state index contributed by atoms with van der Waals surface area (Å²) in [5, 5.41) is 14.1. The molecule has 0 bridgehead atoms. The third kappa shape index (κ3) is 4.52. The van der Waals surface area contributed by atoms with E-state index in [1.165, 1.54) is 0 Å². The number of urea groups is 1. The van der Waals surface area contributed by atoms with Crippen molar-refractivity contribution < 1.29 is 9.21 Å². The number of hydrogen-bond donors (Lipinski definition) is 2. The van der Waals surface area contributed by atoms with Crippen LogP contribution < -0.4 is 10.6 Å². The zero-order valence-electron chi connectivity index (χ0n) is 15.2. The van der Waals surface area contributed by atoms with E-state index in [9.17, 15) is 4.79 Å². The Labute approximate surface area is 176 Å². The second-order valence-corrected chi connectivity index (χ2v) is 7.09. The normalized spacial score (nSPS) is 11.6. The zero-order valence-corrected chi connectivity index (χ0v) is 16.8. The lowest BCUT2D eigenvalue weighted by molar-refractivity contribution is 0.248. The molecule has 0 aliphatic heterocycles.